The molecule has 0 radical (unpaired) electrons. The molecule has 39 heavy (non-hydrogen) atoms. The lowest BCUT2D eigenvalue weighted by atomic mass is 9.83. The first kappa shape index (κ1) is 25.7. The predicted octanol–water partition coefficient (Wildman–Crippen LogP) is 5.25. The summed E-state index contributed by atoms with van der Waals surface area (Å²) < 4.78 is 15.8. The number of anilines is 2. The molecule has 1 aromatic heterocycles. The van der Waals surface area contributed by atoms with Crippen molar-refractivity contribution in [2.24, 2.45) is 5.92 Å². The first-order valence-corrected chi connectivity index (χ1v) is 14.4. The van der Waals surface area contributed by atoms with Gasteiger partial charge in [0.2, 0.25) is 17.7 Å². The molecule has 3 atom stereocenters. The number of thioether (sulfide) groups is 1. The monoisotopic (exact) mass is 623 g/mol. The van der Waals surface area contributed by atoms with E-state index in [-0.39, 0.29) is 23.0 Å². The van der Waals surface area contributed by atoms with Gasteiger partial charge in [-0.15, -0.1) is 0 Å². The Morgan fingerprint density at radius 3 is 2.41 bits per heavy atom. The number of imide groups is 1. The molecular weight excluding hydrogens is 605 g/mol. The maximum Gasteiger partial charge on any atom is 0.308 e. The van der Waals surface area contributed by atoms with Gasteiger partial charge >= 0.3 is 4.87 Å². The number of halogens is 2. The van der Waals surface area contributed by atoms with Crippen LogP contribution in [0.1, 0.15) is 16.4 Å². The minimum atomic E-state index is -0.823. The zero-order valence-corrected chi connectivity index (χ0v) is 23.3. The number of amides is 3. The number of hydrogen-bond acceptors (Lipinski definition) is 6. The fraction of sp³-hybridized carbons (Fsp3) is 0.143. The van der Waals surface area contributed by atoms with Crippen molar-refractivity contribution in [1.82, 2.24) is 4.57 Å². The molecule has 3 amide bonds. The maximum absolute atomic E-state index is 13.8. The van der Waals surface area contributed by atoms with E-state index in [0.717, 1.165) is 38.0 Å². The summed E-state index contributed by atoms with van der Waals surface area (Å²) in [6.45, 7) is -0.237. The lowest BCUT2D eigenvalue weighted by molar-refractivity contribution is -0.122. The van der Waals surface area contributed by atoms with E-state index in [2.05, 4.69) is 21.2 Å². The second-order valence-corrected chi connectivity index (χ2v) is 12.2. The van der Waals surface area contributed by atoms with Crippen LogP contribution in [-0.4, -0.2) is 27.5 Å². The fourth-order valence-corrected chi connectivity index (χ4v) is 8.21. The number of carbonyl (C=O) groups is 3. The van der Waals surface area contributed by atoms with Crippen molar-refractivity contribution < 1.29 is 18.8 Å². The van der Waals surface area contributed by atoms with E-state index < -0.39 is 34.7 Å². The van der Waals surface area contributed by atoms with Gasteiger partial charge in [-0.3, -0.25) is 23.7 Å². The number of hydrogen-bond donors (Lipinski definition) is 1. The lowest BCUT2D eigenvalue weighted by Crippen LogP contribution is -2.33. The average Bonchev–Trinajstić information content (AvgIpc) is 3.36. The highest BCUT2D eigenvalue weighted by atomic mass is 79.9. The van der Waals surface area contributed by atoms with Crippen molar-refractivity contribution in [3.63, 3.8) is 0 Å². The lowest BCUT2D eigenvalue weighted by Gasteiger charge is -2.30. The second kappa shape index (κ2) is 10.2. The largest absolute Gasteiger partial charge is 0.325 e. The number of carbonyl (C=O) groups excluding carboxylic acids is 3. The van der Waals surface area contributed by atoms with Crippen LogP contribution in [0.5, 0.6) is 0 Å². The Morgan fingerprint density at radius 1 is 0.949 bits per heavy atom. The molecule has 0 saturated carbocycles. The summed E-state index contributed by atoms with van der Waals surface area (Å²) >= 11 is 5.61. The van der Waals surface area contributed by atoms with E-state index in [1.165, 1.54) is 28.8 Å². The van der Waals surface area contributed by atoms with Gasteiger partial charge in [-0.1, -0.05) is 69.4 Å². The van der Waals surface area contributed by atoms with E-state index >= 15 is 0 Å². The van der Waals surface area contributed by atoms with E-state index in [9.17, 15) is 23.6 Å². The maximum atomic E-state index is 13.8. The van der Waals surface area contributed by atoms with Crippen LogP contribution in [0, 0.1) is 11.7 Å². The number of nitrogens with zero attached hydrogens (tertiary/aromatic N) is 2. The van der Waals surface area contributed by atoms with E-state index in [0.29, 0.717) is 15.6 Å². The number of para-hydroxylation sites is 1. The van der Waals surface area contributed by atoms with Gasteiger partial charge in [0.15, 0.2) is 0 Å². The number of thiazole rings is 1. The van der Waals surface area contributed by atoms with Crippen LogP contribution < -0.4 is 15.1 Å². The van der Waals surface area contributed by atoms with Crippen LogP contribution in [0.4, 0.5) is 15.8 Å². The second-order valence-electron chi connectivity index (χ2n) is 9.12. The van der Waals surface area contributed by atoms with Gasteiger partial charge in [0, 0.05) is 21.0 Å². The standard InChI is InChI=1S/C28H19BrFN3O4S2/c29-16-6-4-5-15(13-16)21-22-23(26(36)33(25(22)35)19-11-9-17(30)10-12-19)38-27-24(21)39-28(37)32(27)14-20(34)31-18-7-2-1-3-8-18/h1-13,21-23H,14H2,(H,31,34)/t21-,22-,23+/m0/s1. The highest BCUT2D eigenvalue weighted by Gasteiger charge is 2.56. The summed E-state index contributed by atoms with van der Waals surface area (Å²) in [5.74, 6) is -3.06. The Hall–Kier alpha value is -3.54. The summed E-state index contributed by atoms with van der Waals surface area (Å²) in [5.41, 5.74) is 1.66. The third-order valence-electron chi connectivity index (χ3n) is 6.70. The van der Waals surface area contributed by atoms with Crippen LogP contribution >= 0.6 is 39.0 Å². The van der Waals surface area contributed by atoms with Crippen LogP contribution in [-0.2, 0) is 20.9 Å². The van der Waals surface area contributed by atoms with Crippen molar-refractivity contribution in [2.45, 2.75) is 22.7 Å². The van der Waals surface area contributed by atoms with Gasteiger partial charge < -0.3 is 5.32 Å². The number of nitrogens with one attached hydrogen (secondary N) is 1. The fourth-order valence-electron chi connectivity index (χ4n) is 5.02. The summed E-state index contributed by atoms with van der Waals surface area (Å²) in [6.07, 6.45) is 0. The zero-order chi connectivity index (χ0) is 27.3. The van der Waals surface area contributed by atoms with Gasteiger partial charge in [0.1, 0.15) is 17.6 Å². The summed E-state index contributed by atoms with van der Waals surface area (Å²) in [7, 11) is 0. The van der Waals surface area contributed by atoms with Crippen molar-refractivity contribution in [3.8, 4) is 0 Å². The molecule has 4 aromatic rings. The molecule has 3 aromatic carbocycles. The predicted molar refractivity (Wildman–Crippen MR) is 152 cm³/mol. The van der Waals surface area contributed by atoms with E-state index in [1.807, 2.05) is 30.3 Å². The third-order valence-corrected chi connectivity index (χ3v) is 9.80. The summed E-state index contributed by atoms with van der Waals surface area (Å²) in [6, 6.07) is 21.6. The average molecular weight is 625 g/mol. The molecular formula is C28H19BrFN3O4S2. The van der Waals surface area contributed by atoms with E-state index in [1.54, 1.807) is 24.3 Å². The van der Waals surface area contributed by atoms with Crippen molar-refractivity contribution in [2.75, 3.05) is 10.2 Å². The van der Waals surface area contributed by atoms with Gasteiger partial charge in [-0.25, -0.2) is 9.29 Å². The molecule has 2 aliphatic heterocycles. The molecule has 0 bridgehead atoms. The molecule has 0 aliphatic carbocycles. The molecule has 6 rings (SSSR count). The van der Waals surface area contributed by atoms with Crippen LogP contribution in [0.25, 0.3) is 0 Å². The highest BCUT2D eigenvalue weighted by Crippen LogP contribution is 2.54. The Morgan fingerprint density at radius 2 is 1.69 bits per heavy atom. The zero-order valence-electron chi connectivity index (χ0n) is 20.0. The summed E-state index contributed by atoms with van der Waals surface area (Å²) in [4.78, 5) is 55.0. The number of benzene rings is 3. The molecule has 3 heterocycles. The third kappa shape index (κ3) is 4.64. The van der Waals surface area contributed by atoms with Crippen molar-refractivity contribution in [1.29, 1.82) is 0 Å². The molecule has 196 valence electrons. The van der Waals surface area contributed by atoms with Gasteiger partial charge in [-0.2, -0.15) is 0 Å². The molecule has 1 saturated heterocycles. The molecule has 2 aliphatic rings. The van der Waals surface area contributed by atoms with Gasteiger partial charge in [-0.05, 0) is 54.1 Å². The van der Waals surface area contributed by atoms with Gasteiger partial charge in [0.25, 0.3) is 0 Å². The topological polar surface area (TPSA) is 88.5 Å². The first-order valence-electron chi connectivity index (χ1n) is 12.0. The van der Waals surface area contributed by atoms with Crippen LogP contribution in [0.15, 0.2) is 93.2 Å². The molecule has 0 unspecified atom stereocenters. The first-order chi connectivity index (χ1) is 18.8. The minimum absolute atomic E-state index is 0.237. The number of aromatic nitrogens is 1. The summed E-state index contributed by atoms with van der Waals surface area (Å²) in [5, 5.41) is 2.47. The Labute approximate surface area is 238 Å². The van der Waals surface area contributed by atoms with Crippen molar-refractivity contribution in [3.05, 3.63) is 109 Å². The van der Waals surface area contributed by atoms with Gasteiger partial charge in [0.05, 0.1) is 16.6 Å². The molecule has 7 nitrogen and oxygen atoms in total. The molecule has 1 N–H and O–H groups in total. The van der Waals surface area contributed by atoms with Crippen LogP contribution in [0.3, 0.4) is 0 Å². The Kier molecular flexibility index (Phi) is 6.74. The SMILES string of the molecule is O=C(Cn1c2c(sc1=O)[C@@H](c1cccc(Br)c1)[C@@H]1C(=O)N(c3ccc(F)cc3)C(=O)[C@@H]1S2)Nc1ccccc1. The van der Waals surface area contributed by atoms with E-state index in [4.69, 9.17) is 0 Å². The molecule has 1 fully saturated rings. The Balaban J connectivity index is 1.42. The normalized spacial score (nSPS) is 20.1. The quantitative estimate of drug-likeness (QED) is 0.307. The number of fused-ring (bicyclic) bond motifs is 2. The van der Waals surface area contributed by atoms with Crippen molar-refractivity contribution >= 4 is 68.1 Å². The molecule has 11 heteroatoms. The highest BCUT2D eigenvalue weighted by molar-refractivity contribution is 9.10. The number of rotatable bonds is 5. The smallest absolute Gasteiger partial charge is 0.308 e. The van der Waals surface area contributed by atoms with Crippen LogP contribution in [0.2, 0.25) is 0 Å². The Bertz CT molecular complexity index is 1670. The molecule has 0 spiro atoms. The minimum Gasteiger partial charge on any atom is -0.325 e.